The first kappa shape index (κ1) is 21.4. The molecular formula is C20H22Br2N2O3. The zero-order chi connectivity index (χ0) is 20.1. The third-order valence-corrected chi connectivity index (χ3v) is 5.18. The van der Waals surface area contributed by atoms with Gasteiger partial charge < -0.3 is 9.84 Å². The average Bonchev–Trinajstić information content (AvgIpc) is 2.60. The first-order chi connectivity index (χ1) is 12.7. The van der Waals surface area contributed by atoms with Crippen LogP contribution in [0.2, 0.25) is 0 Å². The van der Waals surface area contributed by atoms with Gasteiger partial charge in [-0.3, -0.25) is 4.79 Å². The second-order valence-electron chi connectivity index (χ2n) is 6.32. The van der Waals surface area contributed by atoms with Crippen molar-refractivity contribution >= 4 is 44.0 Å². The van der Waals surface area contributed by atoms with Crippen molar-refractivity contribution in [2.24, 2.45) is 5.10 Å². The molecule has 2 N–H and O–H groups in total. The molecule has 0 saturated heterocycles. The maximum atomic E-state index is 12.3. The molecule has 144 valence electrons. The number of nitrogens with one attached hydrogen (secondary N) is 1. The molecule has 0 aromatic heterocycles. The van der Waals surface area contributed by atoms with Gasteiger partial charge in [0.1, 0.15) is 11.5 Å². The van der Waals surface area contributed by atoms with Crippen LogP contribution in [0.5, 0.6) is 11.5 Å². The fourth-order valence-corrected chi connectivity index (χ4v) is 3.69. The quantitative estimate of drug-likeness (QED) is 0.408. The lowest BCUT2D eigenvalue weighted by molar-refractivity contribution is 0.0955. The van der Waals surface area contributed by atoms with E-state index in [1.807, 2.05) is 26.0 Å². The first-order valence-corrected chi connectivity index (χ1v) is 10.1. The predicted octanol–water partition coefficient (Wildman–Crippen LogP) is 5.51. The van der Waals surface area contributed by atoms with E-state index in [0.29, 0.717) is 27.0 Å². The second kappa shape index (κ2) is 9.37. The number of hydrazone groups is 1. The van der Waals surface area contributed by atoms with Crippen LogP contribution in [0.1, 0.15) is 53.7 Å². The number of hydrogen-bond acceptors (Lipinski definition) is 4. The molecule has 0 atom stereocenters. The number of phenols is 1. The molecule has 0 spiro atoms. The summed E-state index contributed by atoms with van der Waals surface area (Å²) < 4.78 is 6.57. The summed E-state index contributed by atoms with van der Waals surface area (Å²) >= 11 is 6.42. The molecule has 0 unspecified atom stereocenters. The molecule has 0 heterocycles. The van der Waals surface area contributed by atoms with Gasteiger partial charge in [-0.1, -0.05) is 13.8 Å². The molecule has 0 fully saturated rings. The van der Waals surface area contributed by atoms with Gasteiger partial charge in [0.15, 0.2) is 0 Å². The first-order valence-electron chi connectivity index (χ1n) is 8.53. The van der Waals surface area contributed by atoms with Crippen molar-refractivity contribution in [1.29, 1.82) is 0 Å². The number of nitrogens with zero attached hydrogens (tertiary/aromatic N) is 1. The Hall–Kier alpha value is -1.86. The summed E-state index contributed by atoms with van der Waals surface area (Å²) in [5.41, 5.74) is 5.90. The van der Waals surface area contributed by atoms with E-state index in [4.69, 9.17) is 4.74 Å². The molecule has 0 radical (unpaired) electrons. The monoisotopic (exact) mass is 496 g/mol. The minimum atomic E-state index is -0.375. The van der Waals surface area contributed by atoms with Crippen molar-refractivity contribution in [2.75, 3.05) is 6.61 Å². The van der Waals surface area contributed by atoms with Crippen LogP contribution in [0.3, 0.4) is 0 Å². The third-order valence-electron chi connectivity index (χ3n) is 3.97. The fourth-order valence-electron chi connectivity index (χ4n) is 2.51. The van der Waals surface area contributed by atoms with E-state index >= 15 is 0 Å². The van der Waals surface area contributed by atoms with Gasteiger partial charge in [0, 0.05) is 5.56 Å². The summed E-state index contributed by atoms with van der Waals surface area (Å²) in [6, 6.07) is 7.10. The minimum Gasteiger partial charge on any atom is -0.506 e. The molecule has 2 aromatic rings. The lowest BCUT2D eigenvalue weighted by Crippen LogP contribution is -2.17. The lowest BCUT2D eigenvalue weighted by Gasteiger charge is -2.15. The zero-order valence-corrected chi connectivity index (χ0v) is 18.8. The summed E-state index contributed by atoms with van der Waals surface area (Å²) in [5.74, 6) is 0.854. The minimum absolute atomic E-state index is 0.0429. The van der Waals surface area contributed by atoms with E-state index in [2.05, 4.69) is 56.2 Å². The number of amides is 1. The Morgan fingerprint density at radius 2 is 1.89 bits per heavy atom. The normalized spacial score (nSPS) is 11.2. The number of aryl methyl sites for hydroxylation is 1. The Morgan fingerprint density at radius 1 is 1.26 bits per heavy atom. The van der Waals surface area contributed by atoms with Crippen molar-refractivity contribution in [3.63, 3.8) is 0 Å². The van der Waals surface area contributed by atoms with Crippen LogP contribution in [0.15, 0.2) is 38.3 Å². The number of benzene rings is 2. The number of phenolic OH excluding ortho intramolecular Hbond substituents is 1. The topological polar surface area (TPSA) is 70.9 Å². The van der Waals surface area contributed by atoms with Crippen LogP contribution < -0.4 is 10.2 Å². The van der Waals surface area contributed by atoms with Crippen LogP contribution in [-0.2, 0) is 0 Å². The second-order valence-corrected chi connectivity index (χ2v) is 8.03. The summed E-state index contributed by atoms with van der Waals surface area (Å²) in [6.45, 7) is 8.77. The van der Waals surface area contributed by atoms with Crippen LogP contribution in [-0.4, -0.2) is 23.8 Å². The van der Waals surface area contributed by atoms with E-state index in [9.17, 15) is 9.90 Å². The number of aromatic hydroxyl groups is 1. The third kappa shape index (κ3) is 5.32. The standard InChI is InChI=1S/C20H22Br2N2O3/c1-5-27-18-6-12(4)14(7-15(18)11(2)3)10-23-24-20(26)13-8-16(21)19(25)17(22)9-13/h6-11,25H,5H2,1-4H3,(H,24,26)/b23-10-. The van der Waals surface area contributed by atoms with E-state index in [1.54, 1.807) is 6.21 Å². The van der Waals surface area contributed by atoms with E-state index in [0.717, 1.165) is 22.4 Å². The smallest absolute Gasteiger partial charge is 0.271 e. The van der Waals surface area contributed by atoms with Gasteiger partial charge in [0.05, 0.1) is 21.8 Å². The van der Waals surface area contributed by atoms with Gasteiger partial charge in [0.2, 0.25) is 0 Å². The van der Waals surface area contributed by atoms with Gasteiger partial charge in [-0.2, -0.15) is 5.10 Å². The number of carbonyl (C=O) groups excluding carboxylic acids is 1. The van der Waals surface area contributed by atoms with Crippen LogP contribution >= 0.6 is 31.9 Å². The molecule has 2 rings (SSSR count). The van der Waals surface area contributed by atoms with Crippen LogP contribution in [0.4, 0.5) is 0 Å². The highest BCUT2D eigenvalue weighted by molar-refractivity contribution is 9.11. The van der Waals surface area contributed by atoms with E-state index in [1.165, 1.54) is 12.1 Å². The Balaban J connectivity index is 2.20. The molecule has 0 saturated carbocycles. The number of rotatable bonds is 6. The Bertz CT molecular complexity index is 857. The number of ether oxygens (including phenoxy) is 1. The highest BCUT2D eigenvalue weighted by Crippen LogP contribution is 2.33. The number of halogens is 2. The van der Waals surface area contributed by atoms with Crippen molar-refractivity contribution in [3.05, 3.63) is 55.5 Å². The molecule has 0 aliphatic carbocycles. The molecular weight excluding hydrogens is 476 g/mol. The van der Waals surface area contributed by atoms with E-state index < -0.39 is 0 Å². The van der Waals surface area contributed by atoms with Crippen molar-refractivity contribution in [1.82, 2.24) is 5.43 Å². The maximum Gasteiger partial charge on any atom is 0.271 e. The number of carbonyl (C=O) groups is 1. The molecule has 0 bridgehead atoms. The molecule has 5 nitrogen and oxygen atoms in total. The summed E-state index contributed by atoms with van der Waals surface area (Å²) in [7, 11) is 0. The van der Waals surface area contributed by atoms with Gasteiger partial charge in [-0.25, -0.2) is 5.43 Å². The highest BCUT2D eigenvalue weighted by atomic mass is 79.9. The fraction of sp³-hybridized carbons (Fsp3) is 0.300. The van der Waals surface area contributed by atoms with Gasteiger partial charge in [-0.05, 0) is 92.6 Å². The summed E-state index contributed by atoms with van der Waals surface area (Å²) in [4.78, 5) is 12.3. The van der Waals surface area contributed by atoms with Crippen LogP contribution in [0, 0.1) is 6.92 Å². The number of hydrogen-bond donors (Lipinski definition) is 2. The Kier molecular flexibility index (Phi) is 7.44. The van der Waals surface area contributed by atoms with Gasteiger partial charge in [-0.15, -0.1) is 0 Å². The Morgan fingerprint density at radius 3 is 2.44 bits per heavy atom. The summed E-state index contributed by atoms with van der Waals surface area (Å²) in [5, 5.41) is 13.8. The molecule has 1 amide bonds. The van der Waals surface area contributed by atoms with Crippen LogP contribution in [0.25, 0.3) is 0 Å². The lowest BCUT2D eigenvalue weighted by atomic mass is 9.97. The average molecular weight is 498 g/mol. The highest BCUT2D eigenvalue weighted by Gasteiger charge is 2.13. The molecule has 2 aromatic carbocycles. The van der Waals surface area contributed by atoms with Gasteiger partial charge in [0.25, 0.3) is 5.91 Å². The Labute approximate surface area is 176 Å². The zero-order valence-electron chi connectivity index (χ0n) is 15.6. The van der Waals surface area contributed by atoms with Crippen molar-refractivity contribution in [3.8, 4) is 11.5 Å². The molecule has 27 heavy (non-hydrogen) atoms. The summed E-state index contributed by atoms with van der Waals surface area (Å²) in [6.07, 6.45) is 1.62. The SMILES string of the molecule is CCOc1cc(C)c(/C=N\NC(=O)c2cc(Br)c(O)c(Br)c2)cc1C(C)C. The van der Waals surface area contributed by atoms with Crippen molar-refractivity contribution in [2.45, 2.75) is 33.6 Å². The van der Waals surface area contributed by atoms with Crippen molar-refractivity contribution < 1.29 is 14.6 Å². The predicted molar refractivity (Wildman–Crippen MR) is 115 cm³/mol. The maximum absolute atomic E-state index is 12.3. The van der Waals surface area contributed by atoms with Gasteiger partial charge >= 0.3 is 0 Å². The molecule has 0 aliphatic heterocycles. The molecule has 7 heteroatoms. The largest absolute Gasteiger partial charge is 0.506 e. The molecule has 0 aliphatic rings. The van der Waals surface area contributed by atoms with E-state index in [-0.39, 0.29) is 11.7 Å².